The van der Waals surface area contributed by atoms with Gasteiger partial charge in [0.15, 0.2) is 0 Å². The molecule has 0 aliphatic heterocycles. The second kappa shape index (κ2) is 4.81. The number of nitrogens with zero attached hydrogens (tertiary/aromatic N) is 1. The first-order valence-corrected chi connectivity index (χ1v) is 6.28. The Balaban J connectivity index is 2.29. The van der Waals surface area contributed by atoms with Crippen molar-refractivity contribution in [3.63, 3.8) is 0 Å². The summed E-state index contributed by atoms with van der Waals surface area (Å²) in [7, 11) is 0. The molecular weight excluding hydrogens is 200 g/mol. The molecule has 0 atom stereocenters. The zero-order valence-corrected chi connectivity index (χ0v) is 10.1. The Labute approximate surface area is 96.3 Å². The average molecular weight is 220 g/mol. The summed E-state index contributed by atoms with van der Waals surface area (Å²) in [6.07, 6.45) is 6.25. The van der Waals surface area contributed by atoms with E-state index in [1.54, 1.807) is 6.07 Å². The van der Waals surface area contributed by atoms with Crippen molar-refractivity contribution in [3.8, 4) is 0 Å². The minimum absolute atomic E-state index is 0.000673. The first-order valence-electron chi connectivity index (χ1n) is 6.28. The van der Waals surface area contributed by atoms with E-state index in [1.165, 1.54) is 32.1 Å². The maximum Gasteiger partial charge on any atom is 0.251 e. The van der Waals surface area contributed by atoms with Crippen LogP contribution in [0.25, 0.3) is 0 Å². The molecule has 3 nitrogen and oxygen atoms in total. The minimum atomic E-state index is -0.000673. The van der Waals surface area contributed by atoms with Crippen molar-refractivity contribution < 1.29 is 0 Å². The van der Waals surface area contributed by atoms with Gasteiger partial charge in [0.1, 0.15) is 5.82 Å². The van der Waals surface area contributed by atoms with Crippen LogP contribution >= 0.6 is 0 Å². The molecule has 0 aromatic carbocycles. The van der Waals surface area contributed by atoms with Crippen LogP contribution in [0.4, 0.5) is 0 Å². The van der Waals surface area contributed by atoms with Gasteiger partial charge in [0.25, 0.3) is 5.56 Å². The highest BCUT2D eigenvalue weighted by Gasteiger charge is 2.18. The first kappa shape index (κ1) is 11.4. The molecule has 1 aromatic rings. The Morgan fingerprint density at radius 3 is 2.62 bits per heavy atom. The molecule has 88 valence electrons. The van der Waals surface area contributed by atoms with Gasteiger partial charge in [0, 0.05) is 17.9 Å². The highest BCUT2D eigenvalue weighted by Crippen LogP contribution is 2.31. The van der Waals surface area contributed by atoms with Crippen molar-refractivity contribution in [1.82, 2.24) is 9.97 Å². The van der Waals surface area contributed by atoms with Crippen LogP contribution in [0, 0.1) is 0 Å². The molecule has 1 aliphatic rings. The number of hydrogen-bond acceptors (Lipinski definition) is 2. The fourth-order valence-electron chi connectivity index (χ4n) is 2.38. The van der Waals surface area contributed by atoms with Gasteiger partial charge in [-0.3, -0.25) is 4.79 Å². The van der Waals surface area contributed by atoms with Gasteiger partial charge in [-0.15, -0.1) is 0 Å². The van der Waals surface area contributed by atoms with Crippen molar-refractivity contribution in [2.45, 2.75) is 57.8 Å². The average Bonchev–Trinajstić information content (AvgIpc) is 2.29. The van der Waals surface area contributed by atoms with Crippen molar-refractivity contribution in [1.29, 1.82) is 0 Å². The molecule has 1 heterocycles. The van der Waals surface area contributed by atoms with Crippen LogP contribution in [0.5, 0.6) is 0 Å². The number of nitrogens with one attached hydrogen (secondary N) is 1. The van der Waals surface area contributed by atoms with Crippen LogP contribution in [0.3, 0.4) is 0 Å². The lowest BCUT2D eigenvalue weighted by atomic mass is 9.87. The molecule has 16 heavy (non-hydrogen) atoms. The van der Waals surface area contributed by atoms with Crippen LogP contribution in [0.1, 0.15) is 69.3 Å². The Kier molecular flexibility index (Phi) is 3.42. The lowest BCUT2D eigenvalue weighted by molar-refractivity contribution is 0.434. The van der Waals surface area contributed by atoms with E-state index in [0.29, 0.717) is 5.92 Å². The number of rotatable bonds is 2. The summed E-state index contributed by atoms with van der Waals surface area (Å²) < 4.78 is 0. The quantitative estimate of drug-likeness (QED) is 0.833. The van der Waals surface area contributed by atoms with Crippen LogP contribution in [-0.2, 0) is 0 Å². The number of H-pyrrole nitrogens is 1. The zero-order valence-electron chi connectivity index (χ0n) is 10.1. The van der Waals surface area contributed by atoms with Gasteiger partial charge in [-0.05, 0) is 12.8 Å². The molecule has 2 rings (SSSR count). The summed E-state index contributed by atoms with van der Waals surface area (Å²) in [4.78, 5) is 19.0. The Hall–Kier alpha value is -1.12. The number of aromatic amines is 1. The van der Waals surface area contributed by atoms with E-state index >= 15 is 0 Å². The van der Waals surface area contributed by atoms with E-state index in [2.05, 4.69) is 23.8 Å². The highest BCUT2D eigenvalue weighted by atomic mass is 16.1. The van der Waals surface area contributed by atoms with E-state index in [0.717, 1.165) is 11.5 Å². The van der Waals surface area contributed by atoms with E-state index in [4.69, 9.17) is 0 Å². The standard InChI is InChI=1S/C13H20N2O/c1-9(2)13-14-11(8-12(16)15-13)10-6-4-3-5-7-10/h8-10H,3-7H2,1-2H3,(H,14,15,16). The van der Waals surface area contributed by atoms with Crippen molar-refractivity contribution >= 4 is 0 Å². The molecule has 3 heteroatoms. The lowest BCUT2D eigenvalue weighted by Crippen LogP contribution is -2.17. The lowest BCUT2D eigenvalue weighted by Gasteiger charge is -2.21. The third-order valence-corrected chi connectivity index (χ3v) is 3.35. The molecular formula is C13H20N2O. The van der Waals surface area contributed by atoms with Crippen molar-refractivity contribution in [3.05, 3.63) is 27.9 Å². The summed E-state index contributed by atoms with van der Waals surface area (Å²) in [6.45, 7) is 4.12. The second-order valence-corrected chi connectivity index (χ2v) is 5.05. The third-order valence-electron chi connectivity index (χ3n) is 3.35. The topological polar surface area (TPSA) is 45.8 Å². The molecule has 0 saturated heterocycles. The van der Waals surface area contributed by atoms with E-state index in [-0.39, 0.29) is 11.5 Å². The predicted octanol–water partition coefficient (Wildman–Crippen LogP) is 2.94. The Morgan fingerprint density at radius 1 is 1.31 bits per heavy atom. The van der Waals surface area contributed by atoms with Crippen LogP contribution in [0.2, 0.25) is 0 Å². The van der Waals surface area contributed by atoms with E-state index in [9.17, 15) is 4.79 Å². The fraction of sp³-hybridized carbons (Fsp3) is 0.692. The van der Waals surface area contributed by atoms with Gasteiger partial charge in [-0.2, -0.15) is 0 Å². The highest BCUT2D eigenvalue weighted by molar-refractivity contribution is 5.10. The van der Waals surface area contributed by atoms with Gasteiger partial charge in [-0.1, -0.05) is 33.1 Å². The van der Waals surface area contributed by atoms with Gasteiger partial charge >= 0.3 is 0 Å². The smallest absolute Gasteiger partial charge is 0.251 e. The SMILES string of the molecule is CC(C)c1nc(C2CCCCC2)cc(=O)[nH]1. The second-order valence-electron chi connectivity index (χ2n) is 5.05. The largest absolute Gasteiger partial charge is 0.310 e. The summed E-state index contributed by atoms with van der Waals surface area (Å²) in [6, 6.07) is 1.68. The van der Waals surface area contributed by atoms with E-state index in [1.807, 2.05) is 0 Å². The molecule has 0 bridgehead atoms. The van der Waals surface area contributed by atoms with Crippen molar-refractivity contribution in [2.75, 3.05) is 0 Å². The van der Waals surface area contributed by atoms with Crippen molar-refractivity contribution in [2.24, 2.45) is 0 Å². The van der Waals surface area contributed by atoms with Crippen LogP contribution < -0.4 is 5.56 Å². The molecule has 0 unspecified atom stereocenters. The third kappa shape index (κ3) is 2.52. The molecule has 0 radical (unpaired) electrons. The molecule has 1 aliphatic carbocycles. The monoisotopic (exact) mass is 220 g/mol. The Morgan fingerprint density at radius 2 is 2.00 bits per heavy atom. The molecule has 0 spiro atoms. The summed E-state index contributed by atoms with van der Waals surface area (Å²) in [5, 5.41) is 0. The molecule has 1 N–H and O–H groups in total. The summed E-state index contributed by atoms with van der Waals surface area (Å²) in [5.74, 6) is 1.62. The normalized spacial score (nSPS) is 17.9. The van der Waals surface area contributed by atoms with Crippen LogP contribution in [0.15, 0.2) is 10.9 Å². The van der Waals surface area contributed by atoms with E-state index < -0.39 is 0 Å². The van der Waals surface area contributed by atoms with Gasteiger partial charge in [0.05, 0.1) is 5.69 Å². The summed E-state index contributed by atoms with van der Waals surface area (Å²) >= 11 is 0. The molecule has 1 fully saturated rings. The molecule has 0 amide bonds. The fourth-order valence-corrected chi connectivity index (χ4v) is 2.38. The Bertz CT molecular complexity index is 403. The number of aromatic nitrogens is 2. The first-order chi connectivity index (χ1) is 7.66. The molecule has 1 saturated carbocycles. The minimum Gasteiger partial charge on any atom is -0.310 e. The van der Waals surface area contributed by atoms with Gasteiger partial charge < -0.3 is 4.98 Å². The van der Waals surface area contributed by atoms with Crippen LogP contribution in [-0.4, -0.2) is 9.97 Å². The summed E-state index contributed by atoms with van der Waals surface area (Å²) in [5.41, 5.74) is 1.01. The molecule has 1 aromatic heterocycles. The van der Waals surface area contributed by atoms with Gasteiger partial charge in [0.2, 0.25) is 0 Å². The zero-order chi connectivity index (χ0) is 11.5. The number of hydrogen-bond donors (Lipinski definition) is 1. The maximum atomic E-state index is 11.6. The van der Waals surface area contributed by atoms with Gasteiger partial charge in [-0.25, -0.2) is 4.98 Å². The predicted molar refractivity (Wildman–Crippen MR) is 64.8 cm³/mol. The maximum absolute atomic E-state index is 11.6.